The molecule has 1 heterocycles. The minimum Gasteiger partial charge on any atom is -0.326 e. The van der Waals surface area contributed by atoms with Gasteiger partial charge in [-0.2, -0.15) is 0 Å². The van der Waals surface area contributed by atoms with E-state index < -0.39 is 9.84 Å². The normalized spacial score (nSPS) is 22.5. The summed E-state index contributed by atoms with van der Waals surface area (Å²) >= 11 is 0. The smallest absolute Gasteiger partial charge is 0.221 e. The van der Waals surface area contributed by atoms with Crippen LogP contribution < -0.4 is 5.32 Å². The predicted octanol–water partition coefficient (Wildman–Crippen LogP) is 1.65. The lowest BCUT2D eigenvalue weighted by atomic mass is 10.2. The highest BCUT2D eigenvalue weighted by atomic mass is 32.2. The topological polar surface area (TPSA) is 66.5 Å². The molecule has 0 spiro atoms. The highest BCUT2D eigenvalue weighted by Gasteiger charge is 2.26. The first-order valence-electron chi connectivity index (χ1n) is 7.17. The van der Waals surface area contributed by atoms with Gasteiger partial charge in [-0.25, -0.2) is 8.42 Å². The Labute approximate surface area is 126 Å². The van der Waals surface area contributed by atoms with Gasteiger partial charge in [0.15, 0.2) is 9.84 Å². The molecule has 6 heteroatoms. The summed E-state index contributed by atoms with van der Waals surface area (Å²) < 4.78 is 23.8. The van der Waals surface area contributed by atoms with Crippen molar-refractivity contribution in [2.75, 3.05) is 24.2 Å². The number of hydrogen-bond acceptors (Lipinski definition) is 4. The van der Waals surface area contributed by atoms with E-state index in [0.29, 0.717) is 13.0 Å². The van der Waals surface area contributed by atoms with Gasteiger partial charge in [-0.1, -0.05) is 12.1 Å². The summed E-state index contributed by atoms with van der Waals surface area (Å²) in [6, 6.07) is 7.67. The Hall–Kier alpha value is -1.40. The van der Waals surface area contributed by atoms with Gasteiger partial charge in [0.1, 0.15) is 0 Å². The number of nitrogens with zero attached hydrogens (tertiary/aromatic N) is 1. The molecule has 0 aromatic heterocycles. The molecule has 21 heavy (non-hydrogen) atoms. The van der Waals surface area contributed by atoms with Crippen molar-refractivity contribution in [3.8, 4) is 0 Å². The summed E-state index contributed by atoms with van der Waals surface area (Å²) in [4.78, 5) is 13.1. The van der Waals surface area contributed by atoms with Crippen molar-refractivity contribution in [3.63, 3.8) is 0 Å². The molecule has 2 rings (SSSR count). The van der Waals surface area contributed by atoms with Crippen molar-refractivity contribution in [2.45, 2.75) is 32.1 Å². The molecule has 1 atom stereocenters. The summed E-state index contributed by atoms with van der Waals surface area (Å²) in [6.45, 7) is 5.39. The first kappa shape index (κ1) is 16.0. The van der Waals surface area contributed by atoms with Gasteiger partial charge in [0.05, 0.1) is 11.0 Å². The second-order valence-corrected chi connectivity index (χ2v) is 8.16. The third-order valence-electron chi connectivity index (χ3n) is 3.84. The highest BCUT2D eigenvalue weighted by molar-refractivity contribution is 7.92. The molecule has 1 saturated heterocycles. The molecule has 1 N–H and O–H groups in total. The molecule has 1 fully saturated rings. The second kappa shape index (κ2) is 6.58. The molecule has 0 saturated carbocycles. The molecule has 0 radical (unpaired) electrons. The molecule has 1 aromatic rings. The van der Waals surface area contributed by atoms with Crippen LogP contribution in [0.2, 0.25) is 0 Å². The number of carbonyl (C=O) groups excluding carboxylic acids is 1. The summed E-state index contributed by atoms with van der Waals surface area (Å²) in [7, 11) is -2.93. The van der Waals surface area contributed by atoms with E-state index in [1.165, 1.54) is 6.92 Å². The Morgan fingerprint density at radius 1 is 1.29 bits per heavy atom. The Bertz CT molecular complexity index is 596. The zero-order valence-electron chi connectivity index (χ0n) is 12.5. The van der Waals surface area contributed by atoms with Gasteiger partial charge < -0.3 is 5.32 Å². The second-order valence-electron chi connectivity index (χ2n) is 5.62. The number of amides is 1. The fourth-order valence-electron chi connectivity index (χ4n) is 2.43. The quantitative estimate of drug-likeness (QED) is 0.922. The van der Waals surface area contributed by atoms with E-state index in [-0.39, 0.29) is 16.9 Å². The minimum atomic E-state index is -2.93. The van der Waals surface area contributed by atoms with Crippen LogP contribution in [-0.2, 0) is 21.2 Å². The van der Waals surface area contributed by atoms with Crippen molar-refractivity contribution in [1.29, 1.82) is 0 Å². The third-order valence-corrected chi connectivity index (χ3v) is 6.05. The van der Waals surface area contributed by atoms with Crippen molar-refractivity contribution >= 4 is 21.4 Å². The number of carbonyl (C=O) groups is 1. The van der Waals surface area contributed by atoms with Crippen LogP contribution in [-0.4, -0.2) is 43.3 Å². The first-order valence-corrected chi connectivity index (χ1v) is 8.89. The summed E-state index contributed by atoms with van der Waals surface area (Å²) in [6.07, 6.45) is 0.687. The lowest BCUT2D eigenvalue weighted by Crippen LogP contribution is -2.26. The average Bonchev–Trinajstić information content (AvgIpc) is 2.54. The molecular weight excluding hydrogens is 288 g/mol. The molecule has 1 amide bonds. The third kappa shape index (κ3) is 4.54. The standard InChI is InChI=1S/C15H22N2O3S/c1-12-7-8-17(9-10-21(12,19)20)11-14-3-5-15(6-4-14)16-13(2)18/h3-6,12H,7-11H2,1-2H3,(H,16,18)/t12-/m0/s1. The molecule has 116 valence electrons. The van der Waals surface area contributed by atoms with Crippen molar-refractivity contribution < 1.29 is 13.2 Å². The Morgan fingerprint density at radius 3 is 2.57 bits per heavy atom. The van der Waals surface area contributed by atoms with Crippen LogP contribution >= 0.6 is 0 Å². The Morgan fingerprint density at radius 2 is 1.95 bits per heavy atom. The lowest BCUT2D eigenvalue weighted by molar-refractivity contribution is -0.114. The molecule has 1 aliphatic rings. The van der Waals surface area contributed by atoms with E-state index in [1.807, 2.05) is 24.3 Å². The SMILES string of the molecule is CC(=O)Nc1ccc(CN2CC[C@H](C)S(=O)(=O)CC2)cc1. The fourth-order valence-corrected chi connectivity index (χ4v) is 3.81. The summed E-state index contributed by atoms with van der Waals surface area (Å²) in [5, 5.41) is 2.48. The molecule has 0 aliphatic carbocycles. The number of benzene rings is 1. The lowest BCUT2D eigenvalue weighted by Gasteiger charge is -2.19. The maximum Gasteiger partial charge on any atom is 0.221 e. The van der Waals surface area contributed by atoms with E-state index in [4.69, 9.17) is 0 Å². The van der Waals surface area contributed by atoms with Crippen LogP contribution in [0.15, 0.2) is 24.3 Å². The van der Waals surface area contributed by atoms with E-state index in [0.717, 1.165) is 24.3 Å². The van der Waals surface area contributed by atoms with Gasteiger partial charge in [-0.15, -0.1) is 0 Å². The van der Waals surface area contributed by atoms with Gasteiger partial charge in [-0.3, -0.25) is 9.69 Å². The monoisotopic (exact) mass is 310 g/mol. The van der Waals surface area contributed by atoms with Crippen LogP contribution in [0.5, 0.6) is 0 Å². The zero-order chi connectivity index (χ0) is 15.5. The Balaban J connectivity index is 1.97. The molecule has 0 unspecified atom stereocenters. The van der Waals surface area contributed by atoms with Crippen molar-refractivity contribution in [1.82, 2.24) is 4.90 Å². The van der Waals surface area contributed by atoms with Gasteiger partial charge in [0, 0.05) is 25.7 Å². The van der Waals surface area contributed by atoms with Gasteiger partial charge in [-0.05, 0) is 37.6 Å². The van der Waals surface area contributed by atoms with Crippen LogP contribution in [0.4, 0.5) is 5.69 Å². The van der Waals surface area contributed by atoms with Gasteiger partial charge in [0.2, 0.25) is 5.91 Å². The Kier molecular flexibility index (Phi) is 5.00. The fraction of sp³-hybridized carbons (Fsp3) is 0.533. The van der Waals surface area contributed by atoms with E-state index in [2.05, 4.69) is 10.2 Å². The number of rotatable bonds is 3. The predicted molar refractivity (Wildman–Crippen MR) is 83.9 cm³/mol. The molecular formula is C15H22N2O3S. The zero-order valence-corrected chi connectivity index (χ0v) is 13.3. The summed E-state index contributed by atoms with van der Waals surface area (Å²) in [5.41, 5.74) is 1.90. The largest absolute Gasteiger partial charge is 0.326 e. The molecule has 1 aromatic carbocycles. The first-order chi connectivity index (χ1) is 9.87. The summed E-state index contributed by atoms with van der Waals surface area (Å²) in [5.74, 6) is 0.146. The number of sulfone groups is 1. The average molecular weight is 310 g/mol. The van der Waals surface area contributed by atoms with Gasteiger partial charge in [0.25, 0.3) is 0 Å². The molecule has 1 aliphatic heterocycles. The van der Waals surface area contributed by atoms with E-state index in [9.17, 15) is 13.2 Å². The number of nitrogens with one attached hydrogen (secondary N) is 1. The van der Waals surface area contributed by atoms with Crippen LogP contribution in [0, 0.1) is 0 Å². The number of hydrogen-bond donors (Lipinski definition) is 1. The van der Waals surface area contributed by atoms with Crippen molar-refractivity contribution in [2.24, 2.45) is 0 Å². The van der Waals surface area contributed by atoms with Crippen LogP contribution in [0.3, 0.4) is 0 Å². The maximum atomic E-state index is 11.9. The molecule has 5 nitrogen and oxygen atoms in total. The maximum absolute atomic E-state index is 11.9. The van der Waals surface area contributed by atoms with Crippen LogP contribution in [0.1, 0.15) is 25.8 Å². The van der Waals surface area contributed by atoms with Crippen LogP contribution in [0.25, 0.3) is 0 Å². The minimum absolute atomic E-state index is 0.0885. The van der Waals surface area contributed by atoms with E-state index >= 15 is 0 Å². The highest BCUT2D eigenvalue weighted by Crippen LogP contribution is 2.16. The number of anilines is 1. The van der Waals surface area contributed by atoms with Crippen molar-refractivity contribution in [3.05, 3.63) is 29.8 Å². The van der Waals surface area contributed by atoms with E-state index in [1.54, 1.807) is 6.92 Å². The van der Waals surface area contributed by atoms with Gasteiger partial charge >= 0.3 is 0 Å². The molecule has 0 bridgehead atoms.